The van der Waals surface area contributed by atoms with Gasteiger partial charge in [-0.3, -0.25) is 0 Å². The highest BCUT2D eigenvalue weighted by molar-refractivity contribution is 6.02. The van der Waals surface area contributed by atoms with Gasteiger partial charge in [0.05, 0.1) is 18.9 Å². The molecule has 1 saturated heterocycles. The fourth-order valence-corrected chi connectivity index (χ4v) is 2.55. The highest BCUT2D eigenvalue weighted by Crippen LogP contribution is 2.37. The molecule has 1 aromatic rings. The molecule has 0 amide bonds. The van der Waals surface area contributed by atoms with Gasteiger partial charge < -0.3 is 19.0 Å². The van der Waals surface area contributed by atoms with Gasteiger partial charge in [-0.1, -0.05) is 5.16 Å². The molecule has 0 aromatic heterocycles. The molecule has 0 aliphatic carbocycles. The van der Waals surface area contributed by atoms with Crippen molar-refractivity contribution in [3.63, 3.8) is 0 Å². The van der Waals surface area contributed by atoms with Crippen LogP contribution < -0.4 is 9.47 Å². The van der Waals surface area contributed by atoms with E-state index in [2.05, 4.69) is 14.6 Å². The van der Waals surface area contributed by atoms with Crippen LogP contribution in [-0.4, -0.2) is 37.7 Å². The van der Waals surface area contributed by atoms with E-state index in [-0.39, 0.29) is 0 Å². The van der Waals surface area contributed by atoms with E-state index in [9.17, 15) is 17.6 Å². The largest absolute Gasteiger partial charge is 0.431 e. The van der Waals surface area contributed by atoms with Crippen molar-refractivity contribution in [3.05, 3.63) is 23.8 Å². The maximum atomic E-state index is 12.5. The minimum Gasteiger partial charge on any atom is -0.431 e. The Balaban J connectivity index is 1.82. The Kier molecular flexibility index (Phi) is 4.29. The Morgan fingerprint density at radius 1 is 1.09 bits per heavy atom. The monoisotopic (exact) mass is 335 g/mol. The van der Waals surface area contributed by atoms with Crippen LogP contribution in [0.15, 0.2) is 23.4 Å². The predicted octanol–water partition coefficient (Wildman–Crippen LogP) is 3.17. The number of halogens is 4. The van der Waals surface area contributed by atoms with Crippen LogP contribution in [0.3, 0.4) is 0 Å². The smallest absolute Gasteiger partial charge is 0.387 e. The molecular formula is C14H13F4NO4. The molecule has 1 fully saturated rings. The lowest BCUT2D eigenvalue weighted by molar-refractivity contribution is -0.0692. The summed E-state index contributed by atoms with van der Waals surface area (Å²) >= 11 is 0. The Bertz CT molecular complexity index is 602. The van der Waals surface area contributed by atoms with E-state index < -0.39 is 30.3 Å². The van der Waals surface area contributed by atoms with Gasteiger partial charge in [-0.25, -0.2) is 0 Å². The predicted molar refractivity (Wildman–Crippen MR) is 70.1 cm³/mol. The minimum atomic E-state index is -3.17. The third kappa shape index (κ3) is 3.49. The standard InChI is InChI=1S/C14H13F4NO4/c15-12(16)21-10-2-1-8(5-11(10)22-13(17)18)9-6-14(23-19-9)3-4-20-7-14/h1-2,5,12-13H,3-4,6-7H2. The van der Waals surface area contributed by atoms with Crippen molar-refractivity contribution in [2.45, 2.75) is 31.7 Å². The molecule has 1 aromatic carbocycles. The number of benzene rings is 1. The van der Waals surface area contributed by atoms with Crippen molar-refractivity contribution < 1.29 is 36.6 Å². The fraction of sp³-hybridized carbons (Fsp3) is 0.500. The van der Waals surface area contributed by atoms with Crippen LogP contribution in [0.1, 0.15) is 18.4 Å². The van der Waals surface area contributed by atoms with E-state index in [1.54, 1.807) is 0 Å². The first kappa shape index (κ1) is 15.9. The third-order valence-corrected chi connectivity index (χ3v) is 3.62. The molecule has 0 N–H and O–H groups in total. The average Bonchev–Trinajstić information content (AvgIpc) is 3.10. The topological polar surface area (TPSA) is 49.3 Å². The van der Waals surface area contributed by atoms with Crippen LogP contribution >= 0.6 is 0 Å². The van der Waals surface area contributed by atoms with Crippen LogP contribution in [-0.2, 0) is 9.57 Å². The molecule has 1 unspecified atom stereocenters. The van der Waals surface area contributed by atoms with Crippen LogP contribution in [0, 0.1) is 0 Å². The second kappa shape index (κ2) is 6.23. The number of hydrogen-bond acceptors (Lipinski definition) is 5. The summed E-state index contributed by atoms with van der Waals surface area (Å²) in [4.78, 5) is 5.41. The number of nitrogens with zero attached hydrogens (tertiary/aromatic N) is 1. The highest BCUT2D eigenvalue weighted by atomic mass is 19.3. The van der Waals surface area contributed by atoms with Crippen molar-refractivity contribution >= 4 is 5.71 Å². The second-order valence-electron chi connectivity index (χ2n) is 5.21. The lowest BCUT2D eigenvalue weighted by atomic mass is 9.93. The number of ether oxygens (including phenoxy) is 3. The molecule has 0 radical (unpaired) electrons. The highest BCUT2D eigenvalue weighted by Gasteiger charge is 2.43. The number of rotatable bonds is 5. The van der Waals surface area contributed by atoms with Gasteiger partial charge in [0.15, 0.2) is 17.1 Å². The van der Waals surface area contributed by atoms with E-state index in [1.165, 1.54) is 12.1 Å². The molecular weight excluding hydrogens is 322 g/mol. The molecule has 126 valence electrons. The van der Waals surface area contributed by atoms with E-state index in [0.29, 0.717) is 37.3 Å². The Hall–Kier alpha value is -2.03. The van der Waals surface area contributed by atoms with Crippen LogP contribution in [0.25, 0.3) is 0 Å². The molecule has 0 bridgehead atoms. The SMILES string of the molecule is FC(F)Oc1ccc(C2=NOC3(CCOC3)C2)cc1OC(F)F. The molecule has 2 aliphatic rings. The maximum absolute atomic E-state index is 12.5. The van der Waals surface area contributed by atoms with Gasteiger partial charge in [-0.2, -0.15) is 17.6 Å². The van der Waals surface area contributed by atoms with Gasteiger partial charge >= 0.3 is 13.2 Å². The zero-order valence-electron chi connectivity index (χ0n) is 11.8. The van der Waals surface area contributed by atoms with E-state index >= 15 is 0 Å². The number of alkyl halides is 4. The van der Waals surface area contributed by atoms with Crippen LogP contribution in [0.2, 0.25) is 0 Å². The normalized spacial score (nSPS) is 23.5. The first-order valence-corrected chi connectivity index (χ1v) is 6.84. The summed E-state index contributed by atoms with van der Waals surface area (Å²) in [6.45, 7) is -5.36. The first-order valence-electron chi connectivity index (χ1n) is 6.84. The molecule has 3 rings (SSSR count). The van der Waals surface area contributed by atoms with Crippen molar-refractivity contribution in [2.75, 3.05) is 13.2 Å². The minimum absolute atomic E-state index is 0.396. The number of hydrogen-bond donors (Lipinski definition) is 0. The summed E-state index contributed by atoms with van der Waals surface area (Å²) in [5.74, 6) is -0.952. The molecule has 0 saturated carbocycles. The molecule has 5 nitrogen and oxygen atoms in total. The van der Waals surface area contributed by atoms with Crippen LogP contribution in [0.5, 0.6) is 11.5 Å². The van der Waals surface area contributed by atoms with Crippen molar-refractivity contribution in [3.8, 4) is 11.5 Å². The van der Waals surface area contributed by atoms with Gasteiger partial charge in [0, 0.05) is 18.4 Å². The Morgan fingerprint density at radius 2 is 1.83 bits per heavy atom. The molecule has 2 aliphatic heterocycles. The summed E-state index contributed by atoms with van der Waals surface area (Å²) in [6.07, 6.45) is 1.11. The molecule has 1 spiro atoms. The van der Waals surface area contributed by atoms with Crippen molar-refractivity contribution in [1.29, 1.82) is 0 Å². The molecule has 23 heavy (non-hydrogen) atoms. The summed E-state index contributed by atoms with van der Waals surface area (Å²) in [6, 6.07) is 3.76. The average molecular weight is 335 g/mol. The van der Waals surface area contributed by atoms with Gasteiger partial charge in [-0.15, -0.1) is 0 Å². The molecule has 2 heterocycles. The molecule has 9 heteroatoms. The van der Waals surface area contributed by atoms with Gasteiger partial charge in [0.2, 0.25) is 0 Å². The zero-order chi connectivity index (χ0) is 16.4. The van der Waals surface area contributed by atoms with Gasteiger partial charge in [-0.05, 0) is 18.2 Å². The number of oxime groups is 1. The van der Waals surface area contributed by atoms with E-state index in [1.807, 2.05) is 0 Å². The van der Waals surface area contributed by atoms with E-state index in [4.69, 9.17) is 9.57 Å². The van der Waals surface area contributed by atoms with Crippen molar-refractivity contribution in [1.82, 2.24) is 0 Å². The summed E-state index contributed by atoms with van der Waals surface area (Å²) in [5, 5.41) is 3.96. The second-order valence-corrected chi connectivity index (χ2v) is 5.21. The molecule has 1 atom stereocenters. The van der Waals surface area contributed by atoms with Crippen molar-refractivity contribution in [2.24, 2.45) is 5.16 Å². The lowest BCUT2D eigenvalue weighted by Gasteiger charge is -2.17. The lowest BCUT2D eigenvalue weighted by Crippen LogP contribution is -2.29. The fourth-order valence-electron chi connectivity index (χ4n) is 2.55. The summed E-state index contributed by atoms with van der Waals surface area (Å²) in [7, 11) is 0. The van der Waals surface area contributed by atoms with Gasteiger partial charge in [0.25, 0.3) is 0 Å². The summed E-state index contributed by atoms with van der Waals surface area (Å²) in [5.41, 5.74) is 0.418. The quantitative estimate of drug-likeness (QED) is 0.776. The Morgan fingerprint density at radius 3 is 2.48 bits per heavy atom. The third-order valence-electron chi connectivity index (χ3n) is 3.62. The first-order chi connectivity index (χ1) is 11.0. The van der Waals surface area contributed by atoms with Crippen LogP contribution in [0.4, 0.5) is 17.6 Å². The van der Waals surface area contributed by atoms with Gasteiger partial charge in [0.1, 0.15) is 0 Å². The van der Waals surface area contributed by atoms with E-state index in [0.717, 1.165) is 6.07 Å². The Labute approximate surface area is 128 Å². The summed E-state index contributed by atoms with van der Waals surface area (Å²) < 4.78 is 63.2. The maximum Gasteiger partial charge on any atom is 0.387 e. The zero-order valence-corrected chi connectivity index (χ0v) is 11.8.